The average Bonchev–Trinajstić information content (AvgIpc) is 3.19. The van der Waals surface area contributed by atoms with Gasteiger partial charge in [-0.3, -0.25) is 14.2 Å². The number of halogens is 1. The van der Waals surface area contributed by atoms with Crippen molar-refractivity contribution in [1.29, 1.82) is 0 Å². The molecular weight excluding hydrogens is 408 g/mol. The smallest absolute Gasteiger partial charge is 0.272 e. The first-order valence-corrected chi connectivity index (χ1v) is 10.3. The van der Waals surface area contributed by atoms with Crippen LogP contribution in [0.1, 0.15) is 16.7 Å². The first-order chi connectivity index (χ1) is 13.9. The number of aryl methyl sites for hydroxylation is 2. The van der Waals surface area contributed by atoms with Gasteiger partial charge in [-0.15, -0.1) is 0 Å². The number of nitrogens with one attached hydrogen (secondary N) is 1. The zero-order valence-corrected chi connectivity index (χ0v) is 17.4. The number of rotatable bonds is 1. The first kappa shape index (κ1) is 18.1. The molecule has 2 aliphatic rings. The molecule has 0 spiro atoms. The molecule has 0 radical (unpaired) electrons. The SMILES string of the molecule is Cc1ccc(N2CN=c3s/c(=C4/C(=O)Nc5ccc(Cl)cc54)c(=O)n3C2)cc1C. The standard InChI is InChI=1S/C21H17ClN4O2S/c1-11-3-5-14(7-12(11)2)25-9-23-21-26(10-25)20(28)18(29-21)17-15-8-13(22)4-6-16(15)24-19(17)27/h3-8H,9-10H2,1-2H3,(H,24,27)/b18-17+. The van der Waals surface area contributed by atoms with Crippen molar-refractivity contribution in [2.24, 2.45) is 4.99 Å². The van der Waals surface area contributed by atoms with Gasteiger partial charge in [0.05, 0.1) is 5.57 Å². The summed E-state index contributed by atoms with van der Waals surface area (Å²) in [7, 11) is 0. The molecule has 0 saturated carbocycles. The Morgan fingerprint density at radius 2 is 1.93 bits per heavy atom. The van der Waals surface area contributed by atoms with E-state index in [-0.39, 0.29) is 11.5 Å². The van der Waals surface area contributed by atoms with Crippen LogP contribution < -0.4 is 25.1 Å². The van der Waals surface area contributed by atoms with Crippen molar-refractivity contribution >= 4 is 45.8 Å². The molecule has 6 nitrogen and oxygen atoms in total. The molecule has 0 atom stereocenters. The highest BCUT2D eigenvalue weighted by molar-refractivity contribution is 7.07. The van der Waals surface area contributed by atoms with Gasteiger partial charge < -0.3 is 10.2 Å². The minimum atomic E-state index is -0.287. The maximum atomic E-state index is 13.2. The number of carbonyl (C=O) groups excluding carboxylic acids is 1. The van der Waals surface area contributed by atoms with E-state index >= 15 is 0 Å². The van der Waals surface area contributed by atoms with E-state index in [2.05, 4.69) is 36.3 Å². The highest BCUT2D eigenvalue weighted by Crippen LogP contribution is 2.32. The van der Waals surface area contributed by atoms with E-state index in [4.69, 9.17) is 11.6 Å². The zero-order chi connectivity index (χ0) is 20.3. The average molecular weight is 425 g/mol. The lowest BCUT2D eigenvalue weighted by Crippen LogP contribution is -2.43. The molecule has 3 heterocycles. The summed E-state index contributed by atoms with van der Waals surface area (Å²) < 4.78 is 2.02. The Morgan fingerprint density at radius 3 is 2.72 bits per heavy atom. The number of anilines is 2. The highest BCUT2D eigenvalue weighted by atomic mass is 35.5. The molecule has 5 rings (SSSR count). The molecule has 146 valence electrons. The molecule has 0 saturated heterocycles. The lowest BCUT2D eigenvalue weighted by Gasteiger charge is -2.26. The third-order valence-electron chi connectivity index (χ3n) is 5.36. The van der Waals surface area contributed by atoms with Crippen LogP contribution in [0.25, 0.3) is 5.57 Å². The second kappa shape index (κ2) is 6.57. The number of hydrogen-bond donors (Lipinski definition) is 1. The van der Waals surface area contributed by atoms with E-state index in [0.717, 1.165) is 5.69 Å². The van der Waals surface area contributed by atoms with Crippen molar-refractivity contribution in [3.63, 3.8) is 0 Å². The van der Waals surface area contributed by atoms with Crippen molar-refractivity contribution in [3.05, 3.63) is 77.8 Å². The van der Waals surface area contributed by atoms with Gasteiger partial charge in [-0.2, -0.15) is 0 Å². The molecule has 1 amide bonds. The summed E-state index contributed by atoms with van der Waals surface area (Å²) in [5.41, 5.74) is 4.92. The molecule has 8 heteroatoms. The summed E-state index contributed by atoms with van der Waals surface area (Å²) in [4.78, 5) is 33.0. The second-order valence-electron chi connectivity index (χ2n) is 7.22. The molecule has 0 aliphatic carbocycles. The molecule has 29 heavy (non-hydrogen) atoms. The largest absolute Gasteiger partial charge is 0.334 e. The van der Waals surface area contributed by atoms with Crippen LogP contribution in [-0.2, 0) is 11.5 Å². The Kier molecular flexibility index (Phi) is 4.11. The Bertz CT molecular complexity index is 1370. The number of amides is 1. The topological polar surface area (TPSA) is 66.7 Å². The fourth-order valence-electron chi connectivity index (χ4n) is 3.61. The van der Waals surface area contributed by atoms with Gasteiger partial charge >= 0.3 is 0 Å². The van der Waals surface area contributed by atoms with Gasteiger partial charge in [-0.25, -0.2) is 4.99 Å². The number of benzene rings is 2. The van der Waals surface area contributed by atoms with Gasteiger partial charge in [0.15, 0.2) is 4.80 Å². The molecule has 2 aromatic carbocycles. The summed E-state index contributed by atoms with van der Waals surface area (Å²) in [6.45, 7) is 5.00. The Labute approximate surface area is 175 Å². The summed E-state index contributed by atoms with van der Waals surface area (Å²) in [6.07, 6.45) is 0. The molecule has 1 N–H and O–H groups in total. The number of nitrogens with zero attached hydrogens (tertiary/aromatic N) is 3. The van der Waals surface area contributed by atoms with Gasteiger partial charge in [0, 0.05) is 22.0 Å². The predicted molar refractivity (Wildman–Crippen MR) is 115 cm³/mol. The summed E-state index contributed by atoms with van der Waals surface area (Å²) >= 11 is 7.37. The molecule has 1 aromatic heterocycles. The lowest BCUT2D eigenvalue weighted by molar-refractivity contribution is -0.110. The quantitative estimate of drug-likeness (QED) is 0.652. The van der Waals surface area contributed by atoms with Gasteiger partial charge in [0.25, 0.3) is 11.5 Å². The maximum absolute atomic E-state index is 13.2. The van der Waals surface area contributed by atoms with Crippen LogP contribution in [0.5, 0.6) is 0 Å². The van der Waals surface area contributed by atoms with Crippen LogP contribution in [-0.4, -0.2) is 17.1 Å². The van der Waals surface area contributed by atoms with Gasteiger partial charge in [-0.1, -0.05) is 29.0 Å². The van der Waals surface area contributed by atoms with Crippen molar-refractivity contribution in [2.75, 3.05) is 16.9 Å². The van der Waals surface area contributed by atoms with Crippen LogP contribution in [0.4, 0.5) is 11.4 Å². The van der Waals surface area contributed by atoms with Gasteiger partial charge in [-0.05, 0) is 55.3 Å². The summed E-state index contributed by atoms with van der Waals surface area (Å²) in [5, 5.41) is 3.33. The monoisotopic (exact) mass is 424 g/mol. The lowest BCUT2D eigenvalue weighted by atomic mass is 10.1. The fraction of sp³-hybridized carbons (Fsp3) is 0.190. The molecule has 0 unspecified atom stereocenters. The Morgan fingerprint density at radius 1 is 1.10 bits per heavy atom. The third-order valence-corrected chi connectivity index (χ3v) is 6.71. The van der Waals surface area contributed by atoms with Crippen LogP contribution in [0.2, 0.25) is 5.02 Å². The fourth-order valence-corrected chi connectivity index (χ4v) is 4.84. The highest BCUT2D eigenvalue weighted by Gasteiger charge is 2.28. The van der Waals surface area contributed by atoms with E-state index in [9.17, 15) is 9.59 Å². The van der Waals surface area contributed by atoms with E-state index < -0.39 is 0 Å². The molecular formula is C21H17ClN4O2S. The second-order valence-corrected chi connectivity index (χ2v) is 8.63. The van der Waals surface area contributed by atoms with E-state index in [1.54, 1.807) is 22.8 Å². The van der Waals surface area contributed by atoms with Crippen molar-refractivity contribution in [2.45, 2.75) is 20.5 Å². The van der Waals surface area contributed by atoms with Crippen LogP contribution in [0.3, 0.4) is 0 Å². The number of hydrogen-bond acceptors (Lipinski definition) is 5. The van der Waals surface area contributed by atoms with E-state index in [1.165, 1.54) is 22.5 Å². The molecule has 2 aliphatic heterocycles. The molecule has 0 bridgehead atoms. The Balaban J connectivity index is 1.64. The minimum absolute atomic E-state index is 0.208. The third kappa shape index (κ3) is 2.89. The zero-order valence-electron chi connectivity index (χ0n) is 15.8. The van der Waals surface area contributed by atoms with Gasteiger partial charge in [0.1, 0.15) is 17.9 Å². The van der Waals surface area contributed by atoms with Crippen LogP contribution in [0.15, 0.2) is 46.2 Å². The molecule has 0 fully saturated rings. The van der Waals surface area contributed by atoms with Crippen molar-refractivity contribution in [3.8, 4) is 0 Å². The van der Waals surface area contributed by atoms with Crippen molar-refractivity contribution in [1.82, 2.24) is 4.57 Å². The number of fused-ring (bicyclic) bond motifs is 2. The van der Waals surface area contributed by atoms with Crippen molar-refractivity contribution < 1.29 is 4.79 Å². The number of thiazole rings is 1. The molecule has 3 aromatic rings. The summed E-state index contributed by atoms with van der Waals surface area (Å²) in [6, 6.07) is 11.4. The Hall–Kier alpha value is -2.90. The number of aromatic nitrogens is 1. The number of carbonyl (C=O) groups is 1. The maximum Gasteiger partial charge on any atom is 0.272 e. The predicted octanol–water partition coefficient (Wildman–Crippen LogP) is 2.39. The summed E-state index contributed by atoms with van der Waals surface area (Å²) in [5.74, 6) is -0.287. The van der Waals surface area contributed by atoms with E-state index in [0.29, 0.717) is 44.5 Å². The van der Waals surface area contributed by atoms with Crippen LogP contribution in [0, 0.1) is 13.8 Å². The minimum Gasteiger partial charge on any atom is -0.334 e. The van der Waals surface area contributed by atoms with Crippen LogP contribution >= 0.6 is 22.9 Å². The normalized spacial score (nSPS) is 16.9. The van der Waals surface area contributed by atoms with Gasteiger partial charge in [0.2, 0.25) is 0 Å². The first-order valence-electron chi connectivity index (χ1n) is 9.14. The van der Waals surface area contributed by atoms with E-state index in [1.807, 2.05) is 11.0 Å².